The van der Waals surface area contributed by atoms with Crippen molar-refractivity contribution in [3.8, 4) is 0 Å². The number of thioether (sulfide) groups is 1. The molecule has 2 saturated heterocycles. The number of unbranched alkanes of at least 4 members (excludes halogenated alkanes) is 1. The zero-order valence-corrected chi connectivity index (χ0v) is 24.8. The van der Waals surface area contributed by atoms with Gasteiger partial charge >= 0.3 is 6.03 Å². The molecule has 4 heterocycles. The molecule has 2 fully saturated rings. The highest BCUT2D eigenvalue weighted by Gasteiger charge is 2.42. The second kappa shape index (κ2) is 11.6. The average molecular weight is 598 g/mol. The maximum atomic E-state index is 13.5. The van der Waals surface area contributed by atoms with Crippen molar-refractivity contribution in [3.63, 3.8) is 0 Å². The van der Waals surface area contributed by atoms with Gasteiger partial charge in [-0.05, 0) is 48.6 Å². The number of nitrogens with zero attached hydrogens (tertiary/aromatic N) is 2. The first kappa shape index (κ1) is 27.8. The van der Waals surface area contributed by atoms with Crippen molar-refractivity contribution >= 4 is 52.0 Å². The van der Waals surface area contributed by atoms with E-state index in [1.165, 1.54) is 16.0 Å². The van der Waals surface area contributed by atoms with Crippen LogP contribution in [0.2, 0.25) is 0 Å². The second-order valence-electron chi connectivity index (χ2n) is 11.8. The Morgan fingerprint density at radius 2 is 1.74 bits per heavy atom. The molecule has 4 aliphatic heterocycles. The highest BCUT2D eigenvalue weighted by atomic mass is 32.2. The van der Waals surface area contributed by atoms with Crippen LogP contribution >= 0.6 is 11.8 Å². The fraction of sp³-hybridized carbons (Fsp3) is 0.394. The fourth-order valence-corrected chi connectivity index (χ4v) is 8.52. The first-order valence-corrected chi connectivity index (χ1v) is 16.2. The van der Waals surface area contributed by atoms with Crippen molar-refractivity contribution in [1.82, 2.24) is 20.9 Å². The Morgan fingerprint density at radius 3 is 2.60 bits per heavy atom. The molecular weight excluding hydrogens is 562 g/mol. The standard InChI is InChI=1S/C33H35N5O4S/c39-28(11-4-3-10-27-30-25(19-43-27)35-33(42)36-30)34-15-17-38-31(40)23-9-5-8-22-26(13-12-24(29(22)23)32(38)41)37-16-14-20-6-1-2-7-21(20)18-37/h1-2,5-9,12-13,25,27,30H,3-4,10-11,14-19H2,(H,34,39)(H2,35,36,42)/t25-,27-,30-/m0/s1. The Morgan fingerprint density at radius 1 is 0.930 bits per heavy atom. The van der Waals surface area contributed by atoms with E-state index in [9.17, 15) is 19.2 Å². The minimum Gasteiger partial charge on any atom is -0.366 e. The van der Waals surface area contributed by atoms with E-state index < -0.39 is 0 Å². The minimum absolute atomic E-state index is 0.0834. The van der Waals surface area contributed by atoms with Crippen LogP contribution < -0.4 is 20.9 Å². The molecule has 222 valence electrons. The second-order valence-corrected chi connectivity index (χ2v) is 13.1. The van der Waals surface area contributed by atoms with Gasteiger partial charge in [0.25, 0.3) is 11.8 Å². The SMILES string of the molecule is O=C(CCCC[C@@H]1SC[C@@H]2NC(=O)N[C@@H]21)NCCN1C(=O)c2cccc3c(N4CCc5ccccc5C4)ccc(c23)C1=O. The van der Waals surface area contributed by atoms with Gasteiger partial charge in [0, 0.05) is 71.2 Å². The lowest BCUT2D eigenvalue weighted by molar-refractivity contribution is -0.121. The van der Waals surface area contributed by atoms with Crippen LogP contribution in [0, 0.1) is 0 Å². The Balaban J connectivity index is 0.949. The molecule has 7 rings (SSSR count). The summed E-state index contributed by atoms with van der Waals surface area (Å²) in [6, 6.07) is 18.3. The summed E-state index contributed by atoms with van der Waals surface area (Å²) >= 11 is 1.87. The molecule has 5 amide bonds. The smallest absolute Gasteiger partial charge is 0.315 e. The van der Waals surface area contributed by atoms with E-state index in [-0.39, 0.29) is 48.9 Å². The molecule has 10 heteroatoms. The van der Waals surface area contributed by atoms with Crippen molar-refractivity contribution < 1.29 is 19.2 Å². The van der Waals surface area contributed by atoms with Crippen molar-refractivity contribution in [2.45, 2.75) is 56.0 Å². The lowest BCUT2D eigenvalue weighted by atomic mass is 9.91. The average Bonchev–Trinajstić information content (AvgIpc) is 3.58. The molecule has 0 spiro atoms. The van der Waals surface area contributed by atoms with Crippen molar-refractivity contribution in [2.75, 3.05) is 30.3 Å². The number of amides is 5. The summed E-state index contributed by atoms with van der Waals surface area (Å²) in [5.41, 5.74) is 4.76. The third-order valence-corrected chi connectivity index (χ3v) is 10.7. The van der Waals surface area contributed by atoms with Crippen LogP contribution in [0.5, 0.6) is 0 Å². The summed E-state index contributed by atoms with van der Waals surface area (Å²) in [6.45, 7) is 2.00. The number of hydrogen-bond donors (Lipinski definition) is 3. The van der Waals surface area contributed by atoms with Crippen molar-refractivity contribution in [1.29, 1.82) is 0 Å². The van der Waals surface area contributed by atoms with E-state index in [0.29, 0.717) is 28.2 Å². The first-order valence-electron chi connectivity index (χ1n) is 15.2. The lowest BCUT2D eigenvalue weighted by Gasteiger charge is -2.33. The molecule has 0 bridgehead atoms. The number of hydrogen-bond acceptors (Lipinski definition) is 6. The summed E-state index contributed by atoms with van der Waals surface area (Å²) in [4.78, 5) is 54.7. The predicted octanol–water partition coefficient (Wildman–Crippen LogP) is 3.84. The van der Waals surface area contributed by atoms with E-state index in [0.717, 1.165) is 55.6 Å². The van der Waals surface area contributed by atoms with Gasteiger partial charge in [-0.1, -0.05) is 42.8 Å². The third-order valence-electron chi connectivity index (χ3n) is 9.18. The lowest BCUT2D eigenvalue weighted by Crippen LogP contribution is -2.44. The van der Waals surface area contributed by atoms with Gasteiger partial charge in [0.15, 0.2) is 0 Å². The Hall–Kier alpha value is -4.05. The number of urea groups is 1. The molecule has 0 aliphatic carbocycles. The maximum absolute atomic E-state index is 13.5. The molecule has 4 aliphatic rings. The van der Waals surface area contributed by atoms with Gasteiger partial charge in [0.2, 0.25) is 5.91 Å². The molecule has 0 saturated carbocycles. The predicted molar refractivity (Wildman–Crippen MR) is 167 cm³/mol. The molecule has 3 N–H and O–H groups in total. The number of imide groups is 1. The number of carbonyl (C=O) groups is 4. The molecule has 3 aromatic rings. The summed E-state index contributed by atoms with van der Waals surface area (Å²) in [6.07, 6.45) is 3.96. The molecule has 9 nitrogen and oxygen atoms in total. The number of anilines is 1. The third kappa shape index (κ3) is 5.22. The zero-order valence-electron chi connectivity index (χ0n) is 23.9. The van der Waals surface area contributed by atoms with E-state index in [4.69, 9.17) is 0 Å². The van der Waals surface area contributed by atoms with Gasteiger partial charge in [-0.25, -0.2) is 4.79 Å². The van der Waals surface area contributed by atoms with Gasteiger partial charge in [-0.2, -0.15) is 11.8 Å². The molecule has 3 atom stereocenters. The van der Waals surface area contributed by atoms with Gasteiger partial charge in [0.1, 0.15) is 0 Å². The molecule has 43 heavy (non-hydrogen) atoms. The summed E-state index contributed by atoms with van der Waals surface area (Å²) in [5.74, 6) is 0.203. The van der Waals surface area contributed by atoms with Gasteiger partial charge < -0.3 is 20.9 Å². The Kier molecular flexibility index (Phi) is 7.46. The quantitative estimate of drug-likeness (QED) is 0.196. The van der Waals surface area contributed by atoms with Crippen LogP contribution in [0.3, 0.4) is 0 Å². The number of nitrogens with one attached hydrogen (secondary N) is 3. The van der Waals surface area contributed by atoms with E-state index in [1.807, 2.05) is 36.0 Å². The molecule has 0 radical (unpaired) electrons. The largest absolute Gasteiger partial charge is 0.366 e. The van der Waals surface area contributed by atoms with Crippen LogP contribution in [-0.4, -0.2) is 71.4 Å². The van der Waals surface area contributed by atoms with Crippen molar-refractivity contribution in [3.05, 3.63) is 76.9 Å². The van der Waals surface area contributed by atoms with Gasteiger partial charge in [-0.15, -0.1) is 0 Å². The normalized spacial score (nSPS) is 22.3. The van der Waals surface area contributed by atoms with E-state index >= 15 is 0 Å². The van der Waals surface area contributed by atoms with Crippen LogP contribution in [-0.2, 0) is 17.8 Å². The van der Waals surface area contributed by atoms with Gasteiger partial charge in [-0.3, -0.25) is 19.3 Å². The summed E-state index contributed by atoms with van der Waals surface area (Å²) in [7, 11) is 0. The first-order chi connectivity index (χ1) is 21.0. The maximum Gasteiger partial charge on any atom is 0.315 e. The monoisotopic (exact) mass is 597 g/mol. The van der Waals surface area contributed by atoms with E-state index in [1.54, 1.807) is 6.07 Å². The van der Waals surface area contributed by atoms with Crippen LogP contribution in [0.25, 0.3) is 10.8 Å². The molecule has 0 unspecified atom stereocenters. The number of fused-ring (bicyclic) bond motifs is 2. The minimum atomic E-state index is -0.320. The van der Waals surface area contributed by atoms with Crippen molar-refractivity contribution in [2.24, 2.45) is 0 Å². The number of rotatable bonds is 9. The Bertz CT molecular complexity index is 1600. The number of carbonyl (C=O) groups excluding carboxylic acids is 4. The topological polar surface area (TPSA) is 111 Å². The highest BCUT2D eigenvalue weighted by molar-refractivity contribution is 8.00. The van der Waals surface area contributed by atoms with Crippen LogP contribution in [0.1, 0.15) is 57.5 Å². The van der Waals surface area contributed by atoms with Crippen LogP contribution in [0.15, 0.2) is 54.6 Å². The number of benzene rings is 3. The molecule has 3 aromatic carbocycles. The zero-order chi connectivity index (χ0) is 29.5. The molecule has 0 aromatic heterocycles. The molecular formula is C33H35N5O4S. The fourth-order valence-electron chi connectivity index (χ4n) is 6.98. The van der Waals surface area contributed by atoms with Gasteiger partial charge in [0.05, 0.1) is 12.1 Å². The Labute approximate surface area is 254 Å². The van der Waals surface area contributed by atoms with Crippen LogP contribution in [0.4, 0.5) is 10.5 Å². The summed E-state index contributed by atoms with van der Waals surface area (Å²) < 4.78 is 0. The highest BCUT2D eigenvalue weighted by Crippen LogP contribution is 2.38. The summed E-state index contributed by atoms with van der Waals surface area (Å²) in [5, 5.41) is 10.9. The van der Waals surface area contributed by atoms with E-state index in [2.05, 4.69) is 45.1 Å².